The number of carbonyl (C=O) groups excluding carboxylic acids is 2. The predicted octanol–water partition coefficient (Wildman–Crippen LogP) is 2.89. The normalized spacial score (nSPS) is 13.0. The van der Waals surface area contributed by atoms with E-state index in [0.717, 1.165) is 0 Å². The quantitative estimate of drug-likeness (QED) is 0.808. The molecular weight excluding hydrogens is 337 g/mol. The lowest BCUT2D eigenvalue weighted by Crippen LogP contribution is -2.21. The number of hydrogen-bond donors (Lipinski definition) is 2. The van der Waals surface area contributed by atoms with Gasteiger partial charge in [0, 0.05) is 25.6 Å². The first-order valence-corrected chi connectivity index (χ1v) is 7.99. The Labute approximate surface area is 149 Å². The van der Waals surface area contributed by atoms with Gasteiger partial charge in [0.1, 0.15) is 5.82 Å². The molecule has 6 heteroatoms. The Morgan fingerprint density at radius 1 is 1.19 bits per heavy atom. The smallest absolute Gasteiger partial charge is 0.335 e. The summed E-state index contributed by atoms with van der Waals surface area (Å²) in [5.74, 6) is -2.19. The van der Waals surface area contributed by atoms with Gasteiger partial charge in [-0.15, -0.1) is 0 Å². The van der Waals surface area contributed by atoms with Crippen LogP contribution in [0.5, 0.6) is 0 Å². The maximum absolute atomic E-state index is 13.7. The third kappa shape index (κ3) is 3.39. The largest absolute Gasteiger partial charge is 0.478 e. The molecule has 0 amide bonds. The van der Waals surface area contributed by atoms with Gasteiger partial charge in [-0.1, -0.05) is 12.1 Å². The van der Waals surface area contributed by atoms with Gasteiger partial charge in [-0.25, -0.2) is 9.18 Å². The molecule has 0 radical (unpaired) electrons. The molecule has 2 aromatic rings. The second kappa shape index (κ2) is 6.92. The molecule has 0 heterocycles. The van der Waals surface area contributed by atoms with Crippen LogP contribution in [0.4, 0.5) is 10.1 Å². The highest BCUT2D eigenvalue weighted by atomic mass is 19.1. The number of carboxylic acids is 1. The van der Waals surface area contributed by atoms with Gasteiger partial charge >= 0.3 is 5.97 Å². The fraction of sp³-hybridized carbons (Fsp3) is 0.150. The van der Waals surface area contributed by atoms with Crippen LogP contribution in [0.2, 0.25) is 0 Å². The maximum atomic E-state index is 13.7. The van der Waals surface area contributed by atoms with Crippen LogP contribution in [-0.2, 0) is 22.4 Å². The minimum atomic E-state index is -1.05. The summed E-state index contributed by atoms with van der Waals surface area (Å²) >= 11 is 0. The zero-order chi connectivity index (χ0) is 18.8. The summed E-state index contributed by atoms with van der Waals surface area (Å²) in [6, 6.07) is 8.52. The topological polar surface area (TPSA) is 83.5 Å². The maximum Gasteiger partial charge on any atom is 0.335 e. The molecule has 132 valence electrons. The highest BCUT2D eigenvalue weighted by Crippen LogP contribution is 2.30. The van der Waals surface area contributed by atoms with Crippen molar-refractivity contribution in [2.45, 2.75) is 12.8 Å². The van der Waals surface area contributed by atoms with E-state index in [0.29, 0.717) is 22.4 Å². The molecule has 0 unspecified atom stereocenters. The summed E-state index contributed by atoms with van der Waals surface area (Å²) in [7, 11) is 1.64. The fourth-order valence-electron chi connectivity index (χ4n) is 2.98. The van der Waals surface area contributed by atoms with Crippen LogP contribution in [0.3, 0.4) is 0 Å². The van der Waals surface area contributed by atoms with Crippen LogP contribution in [0, 0.1) is 5.82 Å². The number of ketones is 2. The van der Waals surface area contributed by atoms with Crippen molar-refractivity contribution in [1.29, 1.82) is 0 Å². The van der Waals surface area contributed by atoms with Crippen molar-refractivity contribution in [3.8, 4) is 0 Å². The molecule has 0 aromatic heterocycles. The molecule has 0 saturated carbocycles. The molecule has 2 N–H and O–H groups in total. The van der Waals surface area contributed by atoms with Crippen LogP contribution in [0.1, 0.15) is 27.0 Å². The van der Waals surface area contributed by atoms with Gasteiger partial charge < -0.3 is 10.4 Å². The number of halogens is 1. The van der Waals surface area contributed by atoms with E-state index >= 15 is 0 Å². The Balaban J connectivity index is 1.88. The number of fused-ring (bicyclic) bond motifs is 1. The van der Waals surface area contributed by atoms with E-state index in [1.165, 1.54) is 30.3 Å². The molecule has 0 bridgehead atoms. The number of anilines is 1. The zero-order valence-corrected chi connectivity index (χ0v) is 14.0. The number of hydrogen-bond acceptors (Lipinski definition) is 4. The minimum absolute atomic E-state index is 0.0268. The summed E-state index contributed by atoms with van der Waals surface area (Å²) < 4.78 is 13.7. The fourth-order valence-corrected chi connectivity index (χ4v) is 2.98. The minimum Gasteiger partial charge on any atom is -0.478 e. The van der Waals surface area contributed by atoms with Gasteiger partial charge in [-0.2, -0.15) is 0 Å². The molecule has 2 aromatic carbocycles. The van der Waals surface area contributed by atoms with Gasteiger partial charge in [0.15, 0.2) is 11.6 Å². The molecular formula is C20H16FNO4. The predicted molar refractivity (Wildman–Crippen MR) is 94.7 cm³/mol. The summed E-state index contributed by atoms with van der Waals surface area (Å²) in [5.41, 5.74) is 2.47. The number of aromatic carboxylic acids is 1. The van der Waals surface area contributed by atoms with E-state index in [9.17, 15) is 18.8 Å². The Morgan fingerprint density at radius 2 is 1.88 bits per heavy atom. The Kier molecular flexibility index (Phi) is 4.67. The molecule has 1 aliphatic carbocycles. The van der Waals surface area contributed by atoms with Gasteiger partial charge in [0.25, 0.3) is 0 Å². The first-order valence-electron chi connectivity index (χ1n) is 7.99. The van der Waals surface area contributed by atoms with Crippen molar-refractivity contribution < 1.29 is 23.9 Å². The number of Topliss-reactive ketones (excluding diaryl/α,β-unsaturated/α-hetero) is 2. The van der Waals surface area contributed by atoms with E-state index in [-0.39, 0.29) is 35.5 Å². The third-order valence-corrected chi connectivity index (χ3v) is 4.32. The van der Waals surface area contributed by atoms with Crippen LogP contribution in [0.15, 0.2) is 42.0 Å². The lowest BCUT2D eigenvalue weighted by atomic mass is 9.86. The third-order valence-electron chi connectivity index (χ3n) is 4.32. The summed E-state index contributed by atoms with van der Waals surface area (Å²) in [5, 5.41) is 11.8. The summed E-state index contributed by atoms with van der Waals surface area (Å²) in [6.45, 7) is 0. The molecule has 0 fully saturated rings. The summed E-state index contributed by atoms with van der Waals surface area (Å²) in [6.07, 6.45) is 1.43. The SMILES string of the molecule is CNc1cc(F)cc2c1CC(=O)C(C(=O)Cc1ccc(C(=O)O)cc1)=C2. The number of carboxylic acid groups (broad SMARTS) is 1. The van der Waals surface area contributed by atoms with E-state index in [1.807, 2.05) is 0 Å². The van der Waals surface area contributed by atoms with Crippen LogP contribution >= 0.6 is 0 Å². The first-order chi connectivity index (χ1) is 12.4. The molecule has 0 atom stereocenters. The van der Waals surface area contributed by atoms with E-state index in [4.69, 9.17) is 5.11 Å². The van der Waals surface area contributed by atoms with Gasteiger partial charge in [0.2, 0.25) is 0 Å². The average molecular weight is 353 g/mol. The number of nitrogens with one attached hydrogen (secondary N) is 1. The van der Waals surface area contributed by atoms with E-state index in [2.05, 4.69) is 5.32 Å². The molecule has 5 nitrogen and oxygen atoms in total. The number of benzene rings is 2. The second-order valence-electron chi connectivity index (χ2n) is 6.03. The van der Waals surface area contributed by atoms with Crippen molar-refractivity contribution in [2.24, 2.45) is 0 Å². The van der Waals surface area contributed by atoms with Gasteiger partial charge in [-0.3, -0.25) is 9.59 Å². The van der Waals surface area contributed by atoms with Crippen LogP contribution < -0.4 is 5.32 Å². The lowest BCUT2D eigenvalue weighted by Gasteiger charge is -2.18. The van der Waals surface area contributed by atoms with E-state index < -0.39 is 11.8 Å². The number of allylic oxidation sites excluding steroid dienone is 1. The van der Waals surface area contributed by atoms with Crippen molar-refractivity contribution >= 4 is 29.3 Å². The Hall–Kier alpha value is -3.28. The first kappa shape index (κ1) is 17.5. The van der Waals surface area contributed by atoms with Gasteiger partial charge in [0.05, 0.1) is 11.1 Å². The highest BCUT2D eigenvalue weighted by Gasteiger charge is 2.26. The standard InChI is InChI=1S/C20H16FNO4/c1-22-17-9-14(21)7-13-8-16(19(24)10-15(13)17)18(23)6-11-2-4-12(5-3-11)20(25)26/h2-5,7-9,22H,6,10H2,1H3,(H,25,26). The molecule has 0 aliphatic heterocycles. The molecule has 0 saturated heterocycles. The van der Waals surface area contributed by atoms with Crippen molar-refractivity contribution in [1.82, 2.24) is 0 Å². The molecule has 26 heavy (non-hydrogen) atoms. The Bertz CT molecular complexity index is 945. The van der Waals surface area contributed by atoms with Crippen molar-refractivity contribution in [3.05, 3.63) is 70.0 Å². The lowest BCUT2D eigenvalue weighted by molar-refractivity contribution is -0.120. The Morgan fingerprint density at radius 3 is 2.50 bits per heavy atom. The molecule has 1 aliphatic rings. The van der Waals surface area contributed by atoms with E-state index in [1.54, 1.807) is 19.2 Å². The summed E-state index contributed by atoms with van der Waals surface area (Å²) in [4.78, 5) is 35.8. The zero-order valence-electron chi connectivity index (χ0n) is 14.0. The van der Waals surface area contributed by atoms with Crippen molar-refractivity contribution in [2.75, 3.05) is 12.4 Å². The molecule has 3 rings (SSSR count). The van der Waals surface area contributed by atoms with Crippen LogP contribution in [-0.4, -0.2) is 29.7 Å². The van der Waals surface area contributed by atoms with Gasteiger partial charge in [-0.05, 0) is 47.0 Å². The van der Waals surface area contributed by atoms with Crippen molar-refractivity contribution in [3.63, 3.8) is 0 Å². The number of carbonyl (C=O) groups is 3. The van der Waals surface area contributed by atoms with Crippen LogP contribution in [0.25, 0.3) is 6.08 Å². The molecule has 0 spiro atoms. The number of rotatable bonds is 5. The monoisotopic (exact) mass is 353 g/mol. The average Bonchev–Trinajstić information content (AvgIpc) is 2.61. The highest BCUT2D eigenvalue weighted by molar-refractivity contribution is 6.25. The second-order valence-corrected chi connectivity index (χ2v) is 6.03.